The zero-order chi connectivity index (χ0) is 19.2. The van der Waals surface area contributed by atoms with E-state index in [-0.39, 0.29) is 11.6 Å². The fourth-order valence-electron chi connectivity index (χ4n) is 3.72. The van der Waals surface area contributed by atoms with E-state index < -0.39 is 0 Å². The van der Waals surface area contributed by atoms with E-state index in [2.05, 4.69) is 17.4 Å². The maximum atomic E-state index is 12.5. The molecule has 148 valence electrons. The van der Waals surface area contributed by atoms with Gasteiger partial charge in [0.05, 0.1) is 26.3 Å². The lowest BCUT2D eigenvalue weighted by Crippen LogP contribution is -2.56. The minimum absolute atomic E-state index is 0.0745. The Balaban J connectivity index is 1.28. The lowest BCUT2D eigenvalue weighted by molar-refractivity contribution is -0.0975. The van der Waals surface area contributed by atoms with E-state index in [4.69, 9.17) is 14.2 Å². The average Bonchev–Trinajstić information content (AvgIpc) is 3.19. The molecular weight excluding hydrogens is 356 g/mol. The van der Waals surface area contributed by atoms with Gasteiger partial charge in [-0.1, -0.05) is 48.5 Å². The van der Waals surface area contributed by atoms with E-state index in [1.807, 2.05) is 47.4 Å². The maximum absolute atomic E-state index is 12.5. The van der Waals surface area contributed by atoms with Crippen LogP contribution in [0.3, 0.4) is 0 Å². The Bertz CT molecular complexity index is 790. The van der Waals surface area contributed by atoms with Crippen LogP contribution in [0.1, 0.15) is 6.42 Å². The number of hydrogen-bond acceptors (Lipinski definition) is 4. The first kappa shape index (κ1) is 18.8. The number of para-hydroxylation sites is 1. The van der Waals surface area contributed by atoms with Gasteiger partial charge in [-0.3, -0.25) is 0 Å². The van der Waals surface area contributed by atoms with Crippen LogP contribution in [0.4, 0.5) is 4.79 Å². The normalized spacial score (nSPS) is 21.6. The molecule has 2 fully saturated rings. The zero-order valence-electron chi connectivity index (χ0n) is 15.9. The fraction of sp³-hybridized carbons (Fsp3) is 0.409. The fourth-order valence-corrected chi connectivity index (χ4v) is 3.72. The summed E-state index contributed by atoms with van der Waals surface area (Å²) in [5.41, 5.74) is 1.84. The predicted molar refractivity (Wildman–Crippen MR) is 106 cm³/mol. The van der Waals surface area contributed by atoms with Crippen LogP contribution in [0.2, 0.25) is 0 Å². The van der Waals surface area contributed by atoms with E-state index >= 15 is 0 Å². The maximum Gasteiger partial charge on any atom is 0.317 e. The number of carbonyl (C=O) groups is 1. The van der Waals surface area contributed by atoms with Gasteiger partial charge in [-0.2, -0.15) is 0 Å². The number of morpholine rings is 1. The average molecular weight is 382 g/mol. The van der Waals surface area contributed by atoms with Crippen molar-refractivity contribution in [2.45, 2.75) is 12.0 Å². The molecule has 0 bridgehead atoms. The Morgan fingerprint density at radius 1 is 1.11 bits per heavy atom. The van der Waals surface area contributed by atoms with Gasteiger partial charge in [0, 0.05) is 25.1 Å². The number of ether oxygens (including phenoxy) is 3. The topological polar surface area (TPSA) is 60.0 Å². The number of nitrogens with one attached hydrogen (secondary N) is 1. The summed E-state index contributed by atoms with van der Waals surface area (Å²) in [5, 5.41) is 2.95. The molecule has 0 saturated carbocycles. The molecule has 2 heterocycles. The summed E-state index contributed by atoms with van der Waals surface area (Å²) in [5.74, 6) is 0.816. The first-order valence-electron chi connectivity index (χ1n) is 9.78. The SMILES string of the molecule is O=C(NCCOc1ccccc1-c1ccccc1)N1CCOC2(CCOC2)C1. The van der Waals surface area contributed by atoms with Crippen molar-refractivity contribution in [3.8, 4) is 16.9 Å². The number of amides is 2. The first-order chi connectivity index (χ1) is 13.8. The van der Waals surface area contributed by atoms with Crippen molar-refractivity contribution in [2.75, 3.05) is 46.1 Å². The predicted octanol–water partition coefficient (Wildman–Crippen LogP) is 2.93. The summed E-state index contributed by atoms with van der Waals surface area (Å²) < 4.78 is 17.3. The molecule has 1 spiro atoms. The molecule has 1 unspecified atom stereocenters. The molecule has 2 amide bonds. The molecule has 2 saturated heterocycles. The third-order valence-corrected chi connectivity index (χ3v) is 5.21. The number of urea groups is 1. The minimum atomic E-state index is -0.319. The molecule has 0 aromatic heterocycles. The summed E-state index contributed by atoms with van der Waals surface area (Å²) in [6.07, 6.45) is 0.843. The Hall–Kier alpha value is -2.57. The van der Waals surface area contributed by atoms with Crippen molar-refractivity contribution in [3.63, 3.8) is 0 Å². The van der Waals surface area contributed by atoms with Crippen LogP contribution >= 0.6 is 0 Å². The van der Waals surface area contributed by atoms with E-state index in [1.165, 1.54) is 0 Å². The van der Waals surface area contributed by atoms with E-state index in [1.54, 1.807) is 0 Å². The highest BCUT2D eigenvalue weighted by molar-refractivity contribution is 5.74. The number of rotatable bonds is 5. The van der Waals surface area contributed by atoms with Gasteiger partial charge in [0.1, 0.15) is 18.0 Å². The molecule has 0 aliphatic carbocycles. The van der Waals surface area contributed by atoms with E-state index in [9.17, 15) is 4.79 Å². The molecular formula is C22H26N2O4. The highest BCUT2D eigenvalue weighted by atomic mass is 16.6. The molecule has 0 radical (unpaired) electrons. The molecule has 2 aliphatic rings. The van der Waals surface area contributed by atoms with Gasteiger partial charge in [-0.15, -0.1) is 0 Å². The van der Waals surface area contributed by atoms with Crippen molar-refractivity contribution in [3.05, 3.63) is 54.6 Å². The van der Waals surface area contributed by atoms with Crippen LogP contribution in [0.15, 0.2) is 54.6 Å². The number of nitrogens with zero attached hydrogens (tertiary/aromatic N) is 1. The number of carbonyl (C=O) groups excluding carboxylic acids is 1. The highest BCUT2D eigenvalue weighted by Crippen LogP contribution is 2.29. The summed E-state index contributed by atoms with van der Waals surface area (Å²) in [6, 6.07) is 18.0. The summed E-state index contributed by atoms with van der Waals surface area (Å²) in [7, 11) is 0. The molecule has 2 aliphatic heterocycles. The monoisotopic (exact) mass is 382 g/mol. The van der Waals surface area contributed by atoms with Crippen molar-refractivity contribution in [1.82, 2.24) is 10.2 Å². The quantitative estimate of drug-likeness (QED) is 0.808. The molecule has 2 aromatic rings. The minimum Gasteiger partial charge on any atom is -0.491 e. The van der Waals surface area contributed by atoms with Gasteiger partial charge in [-0.05, 0) is 11.6 Å². The van der Waals surface area contributed by atoms with Crippen LogP contribution in [0, 0.1) is 0 Å². The molecule has 4 rings (SSSR count). The lowest BCUT2D eigenvalue weighted by Gasteiger charge is -2.39. The molecule has 6 heteroatoms. The van der Waals surface area contributed by atoms with Gasteiger partial charge in [0.2, 0.25) is 0 Å². The molecule has 1 atom stereocenters. The largest absolute Gasteiger partial charge is 0.491 e. The Kier molecular flexibility index (Phi) is 5.78. The van der Waals surface area contributed by atoms with Crippen LogP contribution in [0.5, 0.6) is 5.75 Å². The second kappa shape index (κ2) is 8.63. The molecule has 28 heavy (non-hydrogen) atoms. The Morgan fingerprint density at radius 3 is 2.75 bits per heavy atom. The van der Waals surface area contributed by atoms with Crippen LogP contribution < -0.4 is 10.1 Å². The van der Waals surface area contributed by atoms with Crippen LogP contribution in [-0.2, 0) is 9.47 Å². The first-order valence-corrected chi connectivity index (χ1v) is 9.78. The van der Waals surface area contributed by atoms with Crippen molar-refractivity contribution < 1.29 is 19.0 Å². The van der Waals surface area contributed by atoms with Crippen molar-refractivity contribution in [2.24, 2.45) is 0 Å². The second-order valence-corrected chi connectivity index (χ2v) is 7.20. The van der Waals surface area contributed by atoms with Gasteiger partial charge >= 0.3 is 6.03 Å². The summed E-state index contributed by atoms with van der Waals surface area (Å²) in [6.45, 7) is 3.86. The molecule has 6 nitrogen and oxygen atoms in total. The van der Waals surface area contributed by atoms with E-state index in [0.29, 0.717) is 46.1 Å². The van der Waals surface area contributed by atoms with E-state index in [0.717, 1.165) is 23.3 Å². The van der Waals surface area contributed by atoms with Gasteiger partial charge in [0.25, 0.3) is 0 Å². The third-order valence-electron chi connectivity index (χ3n) is 5.21. The van der Waals surface area contributed by atoms with Crippen molar-refractivity contribution >= 4 is 6.03 Å². The molecule has 1 N–H and O–H groups in total. The third kappa shape index (κ3) is 4.29. The molecule has 2 aromatic carbocycles. The van der Waals surface area contributed by atoms with Gasteiger partial charge in [-0.25, -0.2) is 4.79 Å². The smallest absolute Gasteiger partial charge is 0.317 e. The summed E-state index contributed by atoms with van der Waals surface area (Å²) in [4.78, 5) is 14.3. The second-order valence-electron chi connectivity index (χ2n) is 7.20. The van der Waals surface area contributed by atoms with Gasteiger partial charge in [0.15, 0.2) is 0 Å². The van der Waals surface area contributed by atoms with Gasteiger partial charge < -0.3 is 24.4 Å². The lowest BCUT2D eigenvalue weighted by atomic mass is 10.0. The Labute approximate surface area is 165 Å². The van der Waals surface area contributed by atoms with Crippen molar-refractivity contribution in [1.29, 1.82) is 0 Å². The standard InChI is InChI=1S/C22H26N2O4/c25-21(24-12-15-28-22(16-24)10-13-26-17-22)23-11-14-27-20-9-5-4-8-19(20)18-6-2-1-3-7-18/h1-9H,10-17H2,(H,23,25). The van der Waals surface area contributed by atoms with Crippen LogP contribution in [0.25, 0.3) is 11.1 Å². The number of benzene rings is 2. The number of hydrogen-bond donors (Lipinski definition) is 1. The van der Waals surface area contributed by atoms with Crippen LogP contribution in [-0.4, -0.2) is 62.6 Å². The summed E-state index contributed by atoms with van der Waals surface area (Å²) >= 11 is 0. The Morgan fingerprint density at radius 2 is 1.93 bits per heavy atom. The zero-order valence-corrected chi connectivity index (χ0v) is 15.9. The highest BCUT2D eigenvalue weighted by Gasteiger charge is 2.41.